The fraction of sp³-hybridized carbons (Fsp3) is 0.111. The van der Waals surface area contributed by atoms with Crippen LogP contribution in [0.5, 0.6) is 11.5 Å². The average molecular weight is 350 g/mol. The van der Waals surface area contributed by atoms with Crippen molar-refractivity contribution >= 4 is 29.0 Å². The molecular weight excluding hydrogens is 336 g/mol. The first-order valence-electron chi connectivity index (χ1n) is 7.91. The summed E-state index contributed by atoms with van der Waals surface area (Å²) >= 11 is 0. The molecule has 1 aliphatic heterocycles. The van der Waals surface area contributed by atoms with Gasteiger partial charge in [-0.2, -0.15) is 5.10 Å². The molecule has 2 N–H and O–H groups in total. The van der Waals surface area contributed by atoms with Gasteiger partial charge >= 0.3 is 5.97 Å². The van der Waals surface area contributed by atoms with Gasteiger partial charge in [-0.15, -0.1) is 0 Å². The monoisotopic (exact) mass is 350 g/mol. The number of rotatable bonds is 4. The summed E-state index contributed by atoms with van der Waals surface area (Å²) in [5, 5.41) is 14.8. The summed E-state index contributed by atoms with van der Waals surface area (Å²) in [7, 11) is 0. The first-order valence-corrected chi connectivity index (χ1v) is 7.91. The van der Waals surface area contributed by atoms with E-state index in [1.54, 1.807) is 18.2 Å². The van der Waals surface area contributed by atoms with Crippen LogP contribution >= 0.6 is 0 Å². The summed E-state index contributed by atoms with van der Waals surface area (Å²) in [4.78, 5) is 30.5. The molecule has 8 nitrogen and oxygen atoms in total. The van der Waals surface area contributed by atoms with Gasteiger partial charge < -0.3 is 9.84 Å². The van der Waals surface area contributed by atoms with Crippen molar-refractivity contribution in [3.05, 3.63) is 58.9 Å². The number of benzene rings is 2. The topological polar surface area (TPSA) is 108 Å². The molecule has 0 saturated carbocycles. The number of fused-ring (bicyclic) bond motifs is 1. The van der Waals surface area contributed by atoms with Crippen molar-refractivity contribution < 1.29 is 14.6 Å². The van der Waals surface area contributed by atoms with Gasteiger partial charge in [-0.3, -0.25) is 14.6 Å². The second-order valence-electron chi connectivity index (χ2n) is 5.77. The maximum atomic E-state index is 12.4. The smallest absolute Gasteiger partial charge is 0.313 e. The molecule has 2 aromatic carbocycles. The van der Waals surface area contributed by atoms with Gasteiger partial charge in [0.1, 0.15) is 17.4 Å². The molecule has 0 amide bonds. The Balaban J connectivity index is 1.64. The van der Waals surface area contributed by atoms with Crippen LogP contribution in [-0.2, 0) is 4.79 Å². The molecule has 0 saturated heterocycles. The minimum absolute atomic E-state index is 0.124. The molecule has 0 fully saturated rings. The number of para-hydroxylation sites is 1. The van der Waals surface area contributed by atoms with E-state index in [2.05, 4.69) is 15.1 Å². The average Bonchev–Trinajstić information content (AvgIpc) is 3.13. The van der Waals surface area contributed by atoms with E-state index in [-0.39, 0.29) is 18.1 Å². The molecule has 8 heteroatoms. The van der Waals surface area contributed by atoms with E-state index in [9.17, 15) is 9.59 Å². The van der Waals surface area contributed by atoms with Gasteiger partial charge in [0.25, 0.3) is 5.56 Å². The molecule has 130 valence electrons. The molecule has 1 aliphatic rings. The molecule has 1 atom stereocenters. The molecule has 0 spiro atoms. The molecule has 0 bridgehead atoms. The number of hydrogen-bond acceptors (Lipinski definition) is 6. The molecule has 2 heterocycles. The number of H-pyrrole nitrogens is 1. The zero-order valence-electron chi connectivity index (χ0n) is 13.5. The Kier molecular flexibility index (Phi) is 3.85. The molecular formula is C18H14N4O4. The number of carboxylic acid groups (broad SMARTS) is 1. The zero-order valence-corrected chi connectivity index (χ0v) is 13.5. The van der Waals surface area contributed by atoms with Crippen molar-refractivity contribution in [2.24, 2.45) is 11.0 Å². The Hall–Kier alpha value is -3.68. The van der Waals surface area contributed by atoms with Crippen molar-refractivity contribution in [1.29, 1.82) is 0 Å². The number of hydrazone groups is 1. The largest absolute Gasteiger partial charge is 0.481 e. The Labute approximate surface area is 147 Å². The third-order valence-corrected chi connectivity index (χ3v) is 3.96. The molecule has 3 aromatic rings. The minimum Gasteiger partial charge on any atom is -0.481 e. The number of aromatic nitrogens is 2. The maximum Gasteiger partial charge on any atom is 0.313 e. The van der Waals surface area contributed by atoms with Gasteiger partial charge in [0.15, 0.2) is 0 Å². The number of nitrogens with zero attached hydrogens (tertiary/aromatic N) is 3. The number of carboxylic acids is 1. The van der Waals surface area contributed by atoms with Crippen molar-refractivity contribution in [3.63, 3.8) is 0 Å². The van der Waals surface area contributed by atoms with Crippen LogP contribution in [0.3, 0.4) is 0 Å². The molecule has 1 aromatic heterocycles. The third-order valence-electron chi connectivity index (χ3n) is 3.96. The lowest BCUT2D eigenvalue weighted by molar-refractivity contribution is -0.138. The van der Waals surface area contributed by atoms with Crippen LogP contribution in [0.1, 0.15) is 0 Å². The highest BCUT2D eigenvalue weighted by atomic mass is 16.5. The Morgan fingerprint density at radius 2 is 2.00 bits per heavy atom. The van der Waals surface area contributed by atoms with E-state index < -0.39 is 11.9 Å². The highest BCUT2D eigenvalue weighted by molar-refractivity contribution is 5.91. The van der Waals surface area contributed by atoms with E-state index in [0.29, 0.717) is 22.4 Å². The number of aliphatic carboxylic acids is 1. The van der Waals surface area contributed by atoms with Crippen LogP contribution in [0.4, 0.5) is 5.95 Å². The highest BCUT2D eigenvalue weighted by Gasteiger charge is 2.26. The molecule has 0 aliphatic carbocycles. The second kappa shape index (κ2) is 6.32. The number of ether oxygens (including phenoxy) is 1. The van der Waals surface area contributed by atoms with Crippen LogP contribution in [0.25, 0.3) is 10.9 Å². The maximum absolute atomic E-state index is 12.4. The summed E-state index contributed by atoms with van der Waals surface area (Å²) in [6.45, 7) is 0.124. The standard InChI is InChI=1S/C18H14N4O4/c23-16-14-8-13(26-12-4-2-1-3-5-12)6-7-15(14)20-18(21-16)22-10-11(9-19-22)17(24)25/h1-9,11H,10H2,(H,24,25)(H,20,21,23). The van der Waals surface area contributed by atoms with Gasteiger partial charge in [-0.1, -0.05) is 18.2 Å². The van der Waals surface area contributed by atoms with Gasteiger partial charge in [0.2, 0.25) is 5.95 Å². The number of aromatic amines is 1. The fourth-order valence-electron chi connectivity index (χ4n) is 2.64. The number of anilines is 1. The highest BCUT2D eigenvalue weighted by Crippen LogP contribution is 2.24. The Bertz CT molecular complexity index is 1060. The summed E-state index contributed by atoms with van der Waals surface area (Å²) in [5.41, 5.74) is 0.121. The summed E-state index contributed by atoms with van der Waals surface area (Å²) < 4.78 is 5.73. The second-order valence-corrected chi connectivity index (χ2v) is 5.77. The van der Waals surface area contributed by atoms with Gasteiger partial charge in [-0.05, 0) is 30.3 Å². The first-order chi connectivity index (χ1) is 12.6. The zero-order chi connectivity index (χ0) is 18.1. The van der Waals surface area contributed by atoms with Crippen molar-refractivity contribution in [1.82, 2.24) is 9.97 Å². The Morgan fingerprint density at radius 3 is 2.73 bits per heavy atom. The van der Waals surface area contributed by atoms with Crippen LogP contribution < -0.4 is 15.3 Å². The predicted molar refractivity (Wildman–Crippen MR) is 95.8 cm³/mol. The predicted octanol–water partition coefficient (Wildman–Crippen LogP) is 2.22. The Morgan fingerprint density at radius 1 is 1.19 bits per heavy atom. The van der Waals surface area contributed by atoms with Crippen molar-refractivity contribution in [2.75, 3.05) is 11.6 Å². The first kappa shape index (κ1) is 15.8. The number of carbonyl (C=O) groups is 1. The molecule has 1 unspecified atom stereocenters. The summed E-state index contributed by atoms with van der Waals surface area (Å²) in [6.07, 6.45) is 1.32. The summed E-state index contributed by atoms with van der Waals surface area (Å²) in [5.74, 6) is -0.299. The number of nitrogens with one attached hydrogen (secondary N) is 1. The lowest BCUT2D eigenvalue weighted by atomic mass is 10.2. The van der Waals surface area contributed by atoms with Crippen LogP contribution in [0, 0.1) is 5.92 Å². The van der Waals surface area contributed by atoms with Crippen LogP contribution in [0.15, 0.2) is 58.4 Å². The van der Waals surface area contributed by atoms with Gasteiger partial charge in [0, 0.05) is 6.21 Å². The van der Waals surface area contributed by atoms with E-state index in [0.717, 1.165) is 0 Å². The van der Waals surface area contributed by atoms with E-state index in [1.165, 1.54) is 11.2 Å². The molecule has 26 heavy (non-hydrogen) atoms. The van der Waals surface area contributed by atoms with Gasteiger partial charge in [-0.25, -0.2) is 9.99 Å². The fourth-order valence-corrected chi connectivity index (χ4v) is 2.64. The molecule has 4 rings (SSSR count). The third kappa shape index (κ3) is 3.00. The van der Waals surface area contributed by atoms with Gasteiger partial charge in [0.05, 0.1) is 17.4 Å². The van der Waals surface area contributed by atoms with E-state index in [4.69, 9.17) is 9.84 Å². The quantitative estimate of drug-likeness (QED) is 0.747. The van der Waals surface area contributed by atoms with E-state index >= 15 is 0 Å². The van der Waals surface area contributed by atoms with Crippen LogP contribution in [-0.4, -0.2) is 33.8 Å². The lowest BCUT2D eigenvalue weighted by Gasteiger charge is -2.13. The van der Waals surface area contributed by atoms with E-state index in [1.807, 2.05) is 30.3 Å². The normalized spacial score (nSPS) is 16.2. The lowest BCUT2D eigenvalue weighted by Crippen LogP contribution is -2.26. The molecule has 0 radical (unpaired) electrons. The van der Waals surface area contributed by atoms with Crippen LogP contribution in [0.2, 0.25) is 0 Å². The minimum atomic E-state index is -0.970. The van der Waals surface area contributed by atoms with Crippen molar-refractivity contribution in [3.8, 4) is 11.5 Å². The summed E-state index contributed by atoms with van der Waals surface area (Å²) in [6, 6.07) is 14.3. The van der Waals surface area contributed by atoms with Crippen molar-refractivity contribution in [2.45, 2.75) is 0 Å². The SMILES string of the molecule is O=C(O)C1C=NN(c2nc3ccc(Oc4ccccc4)cc3c(=O)[nH]2)C1. The number of hydrogen-bond donors (Lipinski definition) is 2.